The molecule has 214 valence electrons. The van der Waals surface area contributed by atoms with Crippen molar-refractivity contribution in [1.29, 1.82) is 0 Å². The van der Waals surface area contributed by atoms with Gasteiger partial charge in [0.05, 0.1) is 16.3 Å². The van der Waals surface area contributed by atoms with Crippen LogP contribution in [0.25, 0.3) is 0 Å². The molecule has 2 aliphatic heterocycles. The number of hydrogen-bond donors (Lipinski definition) is 0. The second-order valence-electron chi connectivity index (χ2n) is 9.43. The highest BCUT2D eigenvalue weighted by molar-refractivity contribution is 7.92. The van der Waals surface area contributed by atoms with Crippen molar-refractivity contribution in [3.63, 3.8) is 0 Å². The van der Waals surface area contributed by atoms with Crippen LogP contribution in [-0.4, -0.2) is 58.3 Å². The first-order valence-corrected chi connectivity index (χ1v) is 14.5. The predicted molar refractivity (Wildman–Crippen MR) is 132 cm³/mol. The molecule has 0 N–H and O–H groups in total. The summed E-state index contributed by atoms with van der Waals surface area (Å²) in [6.45, 7) is 1.71. The number of alkyl halides is 3. The number of amides is 1. The fraction of sp³-hybridized carbons (Fsp3) is 0.417. The van der Waals surface area contributed by atoms with Gasteiger partial charge in [-0.1, -0.05) is 11.2 Å². The monoisotopic (exact) mass is 603 g/mol. The van der Waals surface area contributed by atoms with Gasteiger partial charge in [-0.25, -0.2) is 22.2 Å². The predicted octanol–water partition coefficient (Wildman–Crippen LogP) is 4.49. The van der Waals surface area contributed by atoms with E-state index in [1.54, 1.807) is 10.3 Å². The maximum Gasteiger partial charge on any atom is 0.503 e. The van der Waals surface area contributed by atoms with Crippen LogP contribution in [0.1, 0.15) is 53.2 Å². The molecule has 1 atom stereocenters. The van der Waals surface area contributed by atoms with Crippen LogP contribution in [0, 0.1) is 18.6 Å². The Bertz CT molecular complexity index is 1560. The minimum atomic E-state index is -5.61. The number of aryl methyl sites for hydroxylation is 1. The van der Waals surface area contributed by atoms with E-state index >= 15 is 0 Å². The summed E-state index contributed by atoms with van der Waals surface area (Å²) in [7, 11) is -5.61. The number of benzene rings is 1. The summed E-state index contributed by atoms with van der Waals surface area (Å²) in [5, 5.41) is 8.95. The molecule has 5 rings (SSSR count). The van der Waals surface area contributed by atoms with Crippen molar-refractivity contribution < 1.29 is 40.0 Å². The van der Waals surface area contributed by atoms with Crippen molar-refractivity contribution >= 4 is 32.8 Å². The van der Waals surface area contributed by atoms with Crippen LogP contribution in [-0.2, 0) is 26.0 Å². The average molecular weight is 604 g/mol. The van der Waals surface area contributed by atoms with Crippen molar-refractivity contribution in [2.45, 2.75) is 55.3 Å². The molecule has 0 aliphatic carbocycles. The Kier molecular flexibility index (Phi) is 7.41. The first-order valence-electron chi connectivity index (χ1n) is 12.1. The zero-order chi connectivity index (χ0) is 28.8. The van der Waals surface area contributed by atoms with E-state index in [1.807, 2.05) is 0 Å². The molecule has 2 aromatic heterocycles. The van der Waals surface area contributed by atoms with Crippen LogP contribution in [0.3, 0.4) is 0 Å². The van der Waals surface area contributed by atoms with Crippen molar-refractivity contribution in [2.24, 2.45) is 5.16 Å². The Labute approximate surface area is 229 Å². The average Bonchev–Trinajstić information content (AvgIpc) is 3.64. The number of hydrogen-bond acceptors (Lipinski definition) is 8. The Morgan fingerprint density at radius 1 is 1.18 bits per heavy atom. The molecule has 9 nitrogen and oxygen atoms in total. The number of likely N-dealkylation sites (tertiary alicyclic amines) is 1. The second kappa shape index (κ2) is 10.5. The minimum absolute atomic E-state index is 0.0421. The molecule has 16 heteroatoms. The fourth-order valence-corrected chi connectivity index (χ4v) is 6.37. The molecular formula is C24H22F5N5O4S2. The number of nitrogens with zero attached hydrogens (tertiary/aromatic N) is 5. The summed E-state index contributed by atoms with van der Waals surface area (Å²) in [6.07, 6.45) is 0.429. The number of halogens is 5. The molecule has 2 aliphatic rings. The quantitative estimate of drug-likeness (QED) is 0.385. The normalized spacial score (nSPS) is 18.6. The smallest absolute Gasteiger partial charge is 0.387 e. The van der Waals surface area contributed by atoms with E-state index in [2.05, 4.69) is 15.2 Å². The van der Waals surface area contributed by atoms with Gasteiger partial charge < -0.3 is 9.74 Å². The van der Waals surface area contributed by atoms with Gasteiger partial charge in [-0.3, -0.25) is 9.48 Å². The Balaban J connectivity index is 1.17. The third kappa shape index (κ3) is 5.33. The molecule has 4 heterocycles. The number of oxime groups is 1. The summed E-state index contributed by atoms with van der Waals surface area (Å²) in [6, 6.07) is 4.38. The molecular weight excluding hydrogens is 581 g/mol. The summed E-state index contributed by atoms with van der Waals surface area (Å²) < 4.78 is 91.0. The van der Waals surface area contributed by atoms with E-state index in [4.69, 9.17) is 4.84 Å². The van der Waals surface area contributed by atoms with Gasteiger partial charge in [-0.15, -0.1) is 11.3 Å². The zero-order valence-electron chi connectivity index (χ0n) is 20.9. The Morgan fingerprint density at radius 3 is 2.50 bits per heavy atom. The lowest BCUT2D eigenvalue weighted by atomic mass is 9.97. The summed E-state index contributed by atoms with van der Waals surface area (Å²) in [5.74, 6) is -1.78. The number of carbonyl (C=O) groups is 1. The SMILES string of the molecule is Cc1cc(S(=O)(=O)C(F)(F)F)nn1CC(=O)N1CCC(c2nc(C3=NO[C@@H](c4c(F)cccc4F)C3)cs2)CC1. The van der Waals surface area contributed by atoms with Gasteiger partial charge >= 0.3 is 5.51 Å². The van der Waals surface area contributed by atoms with Gasteiger partial charge in [-0.05, 0) is 38.0 Å². The summed E-state index contributed by atoms with van der Waals surface area (Å²) >= 11 is 1.41. The molecule has 1 saturated heterocycles. The van der Waals surface area contributed by atoms with Gasteiger partial charge in [0.2, 0.25) is 5.91 Å². The molecule has 0 bridgehead atoms. The first-order chi connectivity index (χ1) is 18.8. The summed E-state index contributed by atoms with van der Waals surface area (Å²) in [4.78, 5) is 24.3. The molecule has 3 aromatic rings. The molecule has 40 heavy (non-hydrogen) atoms. The highest BCUT2D eigenvalue weighted by atomic mass is 32.2. The molecule has 1 amide bonds. The largest absolute Gasteiger partial charge is 0.503 e. The fourth-order valence-electron chi connectivity index (χ4n) is 4.60. The standard InChI is InChI=1S/C24H22F5N5O4S2/c1-13-9-20(40(36,37)24(27,28)29)31-34(13)11-21(35)33-7-5-14(6-8-33)23-30-18(12-39-23)17-10-19(38-32-17)22-15(25)3-2-4-16(22)26/h2-4,9,12,14,19H,5-8,10-11H2,1H3/t19-/m1/s1. The van der Waals surface area contributed by atoms with Crippen LogP contribution in [0.2, 0.25) is 0 Å². The van der Waals surface area contributed by atoms with Gasteiger partial charge in [0.15, 0.2) is 11.1 Å². The van der Waals surface area contributed by atoms with Crippen LogP contribution in [0.5, 0.6) is 0 Å². The zero-order valence-corrected chi connectivity index (χ0v) is 22.5. The lowest BCUT2D eigenvalue weighted by Gasteiger charge is -2.31. The number of piperidine rings is 1. The highest BCUT2D eigenvalue weighted by Crippen LogP contribution is 2.35. The Hall–Kier alpha value is -3.40. The highest BCUT2D eigenvalue weighted by Gasteiger charge is 2.48. The number of thiazole rings is 1. The van der Waals surface area contributed by atoms with Crippen molar-refractivity contribution in [3.05, 3.63) is 63.2 Å². The van der Waals surface area contributed by atoms with Crippen molar-refractivity contribution in [1.82, 2.24) is 19.7 Å². The molecule has 0 unspecified atom stereocenters. The number of aromatic nitrogens is 3. The summed E-state index contributed by atoms with van der Waals surface area (Å²) in [5.41, 5.74) is -4.53. The molecule has 0 radical (unpaired) electrons. The third-order valence-corrected chi connectivity index (χ3v) is 9.20. The Morgan fingerprint density at radius 2 is 1.85 bits per heavy atom. The molecule has 0 saturated carbocycles. The second-order valence-corrected chi connectivity index (χ2v) is 12.2. The van der Waals surface area contributed by atoms with E-state index in [9.17, 15) is 35.2 Å². The molecule has 1 aromatic carbocycles. The lowest BCUT2D eigenvalue weighted by molar-refractivity contribution is -0.133. The van der Waals surface area contributed by atoms with E-state index in [-0.39, 0.29) is 23.6 Å². The third-order valence-electron chi connectivity index (χ3n) is 6.83. The van der Waals surface area contributed by atoms with Crippen LogP contribution >= 0.6 is 11.3 Å². The first kappa shape index (κ1) is 28.1. The molecule has 1 fully saturated rings. The molecule has 0 spiro atoms. The number of rotatable bonds is 6. The van der Waals surface area contributed by atoms with E-state index in [0.29, 0.717) is 37.3 Å². The van der Waals surface area contributed by atoms with E-state index in [0.717, 1.165) is 27.9 Å². The number of sulfone groups is 1. The van der Waals surface area contributed by atoms with Gasteiger partial charge in [0.25, 0.3) is 9.84 Å². The minimum Gasteiger partial charge on any atom is -0.387 e. The topological polar surface area (TPSA) is 107 Å². The van der Waals surface area contributed by atoms with Gasteiger partial charge in [0.1, 0.15) is 23.9 Å². The van der Waals surface area contributed by atoms with Crippen LogP contribution in [0.15, 0.2) is 39.8 Å². The van der Waals surface area contributed by atoms with Gasteiger partial charge in [0, 0.05) is 36.5 Å². The van der Waals surface area contributed by atoms with Crippen molar-refractivity contribution in [2.75, 3.05) is 13.1 Å². The maximum absolute atomic E-state index is 14.1. The van der Waals surface area contributed by atoms with Crippen LogP contribution < -0.4 is 0 Å². The van der Waals surface area contributed by atoms with Crippen LogP contribution in [0.4, 0.5) is 22.0 Å². The maximum atomic E-state index is 14.1. The number of carbonyl (C=O) groups excluding carboxylic acids is 1. The van der Waals surface area contributed by atoms with E-state index < -0.39 is 50.6 Å². The van der Waals surface area contributed by atoms with Crippen molar-refractivity contribution in [3.8, 4) is 0 Å². The lowest BCUT2D eigenvalue weighted by Crippen LogP contribution is -2.40. The van der Waals surface area contributed by atoms with Gasteiger partial charge in [-0.2, -0.15) is 18.3 Å². The van der Waals surface area contributed by atoms with E-state index in [1.165, 1.54) is 24.3 Å².